The van der Waals surface area contributed by atoms with Gasteiger partial charge in [-0.1, -0.05) is 0 Å². The quantitative estimate of drug-likeness (QED) is 0.0241. The third kappa shape index (κ3) is 18.9. The van der Waals surface area contributed by atoms with Gasteiger partial charge < -0.3 is 98.2 Å². The molecule has 5 aromatic heterocycles. The third-order valence-corrected chi connectivity index (χ3v) is 11.6. The van der Waals surface area contributed by atoms with Gasteiger partial charge in [-0.05, 0) is 42.5 Å². The summed E-state index contributed by atoms with van der Waals surface area (Å²) >= 11 is 0. The van der Waals surface area contributed by atoms with Crippen LogP contribution in [0, 0.1) is 0 Å². The Morgan fingerprint density at radius 2 is 0.949 bits per heavy atom. The first kappa shape index (κ1) is 60.3. The van der Waals surface area contributed by atoms with Crippen molar-refractivity contribution in [1.82, 2.24) is 38.1 Å². The number of benzene rings is 1. The minimum absolute atomic E-state index is 0.00844. The van der Waals surface area contributed by atoms with Crippen LogP contribution in [0.25, 0.3) is 11.3 Å². The summed E-state index contributed by atoms with van der Waals surface area (Å²) in [5.74, 6) is -1.97. The van der Waals surface area contributed by atoms with Crippen molar-refractivity contribution in [2.24, 2.45) is 41.0 Å². The third-order valence-electron chi connectivity index (χ3n) is 11.6. The summed E-state index contributed by atoms with van der Waals surface area (Å²) < 4.78 is 57.5. The lowest BCUT2D eigenvalue weighted by atomic mass is 10.2. The number of carbonyl (C=O) groups excluding carboxylic acids is 5. The van der Waals surface area contributed by atoms with Crippen molar-refractivity contribution in [3.63, 3.8) is 0 Å². The van der Waals surface area contributed by atoms with E-state index in [1.807, 2.05) is 12.1 Å². The van der Waals surface area contributed by atoms with Gasteiger partial charge in [0.05, 0.1) is 123 Å². The minimum atomic E-state index is -0.841. The van der Waals surface area contributed by atoms with E-state index in [1.54, 1.807) is 91.9 Å². The van der Waals surface area contributed by atoms with Crippen LogP contribution in [0.2, 0.25) is 0 Å². The van der Waals surface area contributed by atoms with Crippen LogP contribution in [0.3, 0.4) is 0 Å². The first-order valence-corrected chi connectivity index (χ1v) is 25.4. The number of rotatable bonds is 37. The number of hydrogen-bond donors (Lipinski definition) is 6. The Kier molecular flexibility index (Phi) is 24.1. The van der Waals surface area contributed by atoms with E-state index in [4.69, 9.17) is 54.1 Å². The van der Waals surface area contributed by atoms with E-state index in [2.05, 4.69) is 31.2 Å². The Labute approximate surface area is 456 Å². The molecule has 79 heavy (non-hydrogen) atoms. The van der Waals surface area contributed by atoms with Crippen molar-refractivity contribution in [3.8, 4) is 17.0 Å². The number of aryl methyl sites for hydroxylation is 4. The van der Waals surface area contributed by atoms with E-state index < -0.39 is 23.6 Å². The van der Waals surface area contributed by atoms with Gasteiger partial charge in [-0.25, -0.2) is 9.97 Å². The van der Waals surface area contributed by atoms with Crippen LogP contribution in [0.5, 0.6) is 5.75 Å². The Morgan fingerprint density at radius 3 is 1.43 bits per heavy atom. The van der Waals surface area contributed by atoms with Crippen LogP contribution in [-0.2, 0) is 73.1 Å². The molecule has 5 amide bonds. The predicted octanol–water partition coefficient (Wildman–Crippen LogP) is 2.22. The number of hydrogen-bond acceptors (Lipinski definition) is 17. The zero-order valence-electron chi connectivity index (χ0n) is 45.2. The highest BCUT2D eigenvalue weighted by molar-refractivity contribution is 6.09. The second kappa shape index (κ2) is 31.5. The second-order valence-electron chi connectivity index (χ2n) is 17.5. The summed E-state index contributed by atoms with van der Waals surface area (Å²) in [6, 6.07) is 11.8. The first-order valence-electron chi connectivity index (χ1n) is 25.4. The average molecular weight is 1100 g/mol. The highest BCUT2D eigenvalue weighted by atomic mass is 16.6. The number of ether oxygens (including phenoxy) is 9. The minimum Gasteiger partial charge on any atom is -0.491 e. The van der Waals surface area contributed by atoms with Crippen molar-refractivity contribution in [2.45, 2.75) is 0 Å². The lowest BCUT2D eigenvalue weighted by Gasteiger charge is -2.09. The Morgan fingerprint density at radius 1 is 0.506 bits per heavy atom. The maximum Gasteiger partial charge on any atom is 0.291 e. The molecule has 0 unspecified atom stereocenters. The van der Waals surface area contributed by atoms with Crippen LogP contribution in [0.15, 0.2) is 73.4 Å². The monoisotopic (exact) mass is 1100 g/mol. The molecule has 27 nitrogen and oxygen atoms in total. The van der Waals surface area contributed by atoms with Crippen molar-refractivity contribution >= 4 is 52.4 Å². The molecule has 0 saturated heterocycles. The number of imidazole rings is 2. The summed E-state index contributed by atoms with van der Waals surface area (Å²) in [7, 11) is 8.20. The van der Waals surface area contributed by atoms with Gasteiger partial charge in [0.15, 0.2) is 11.6 Å². The van der Waals surface area contributed by atoms with Crippen LogP contribution < -0.4 is 37.5 Å². The number of carbonyl (C=O) groups is 5. The zero-order valence-corrected chi connectivity index (χ0v) is 45.2. The van der Waals surface area contributed by atoms with Gasteiger partial charge >= 0.3 is 0 Å². The zero-order chi connectivity index (χ0) is 56.5. The maximum absolute atomic E-state index is 13.8. The van der Waals surface area contributed by atoms with Crippen LogP contribution in [0.4, 0.5) is 22.9 Å². The summed E-state index contributed by atoms with van der Waals surface area (Å²) in [6.07, 6.45) is 7.94. The molecule has 0 aliphatic carbocycles. The SMILES string of the molecule is Cn1cc(-c2c(NC(=O)c3cc(NC(=O)c4cc(NC(=O)c5nccn5C)cn4C)cn3C)nc(C(N)=O)n2C)cc1C(=O)NCCOCCOCCOCCOCCOCCOCCOCCOCCOc1ccc(N)cc1. The van der Waals surface area contributed by atoms with E-state index in [-0.39, 0.29) is 53.6 Å². The van der Waals surface area contributed by atoms with Gasteiger partial charge in [0.25, 0.3) is 29.5 Å². The second-order valence-corrected chi connectivity index (χ2v) is 17.5. The summed E-state index contributed by atoms with van der Waals surface area (Å²) in [6.45, 7) is 7.29. The number of nitrogens with two attached hydrogens (primary N) is 2. The fourth-order valence-corrected chi connectivity index (χ4v) is 7.66. The van der Waals surface area contributed by atoms with Gasteiger partial charge in [-0.2, -0.15) is 0 Å². The molecule has 0 aliphatic rings. The number of nitrogen functional groups attached to an aromatic ring is 1. The van der Waals surface area contributed by atoms with E-state index in [0.717, 1.165) is 5.75 Å². The molecule has 0 bridgehead atoms. The van der Waals surface area contributed by atoms with Gasteiger partial charge in [-0.3, -0.25) is 24.0 Å². The Hall–Kier alpha value is -7.89. The summed E-state index contributed by atoms with van der Waals surface area (Å²) in [4.78, 5) is 73.9. The van der Waals surface area contributed by atoms with Gasteiger partial charge in [0, 0.05) is 84.0 Å². The fourth-order valence-electron chi connectivity index (χ4n) is 7.66. The van der Waals surface area contributed by atoms with Crippen LogP contribution in [0.1, 0.15) is 52.7 Å². The summed E-state index contributed by atoms with van der Waals surface area (Å²) in [5.41, 5.74) is 14.1. The molecule has 6 rings (SSSR count). The number of aromatic nitrogens is 7. The fraction of sp³-hybridized carbons (Fsp3) is 0.442. The number of primary amides is 1. The molecule has 0 spiro atoms. The normalized spacial score (nSPS) is 11.3. The maximum atomic E-state index is 13.8. The Bertz CT molecular complexity index is 2910. The van der Waals surface area contributed by atoms with E-state index >= 15 is 0 Å². The van der Waals surface area contributed by atoms with Gasteiger partial charge in [-0.15, -0.1) is 0 Å². The molecule has 0 atom stereocenters. The predicted molar refractivity (Wildman–Crippen MR) is 289 cm³/mol. The first-order chi connectivity index (χ1) is 38.2. The molecule has 6 aromatic rings. The highest BCUT2D eigenvalue weighted by Gasteiger charge is 2.26. The molecular formula is C52H71N13O14. The lowest BCUT2D eigenvalue weighted by Crippen LogP contribution is -2.29. The Balaban J connectivity index is 0.795. The molecule has 0 saturated carbocycles. The average Bonchev–Trinajstić information content (AvgIpc) is 4.27. The summed E-state index contributed by atoms with van der Waals surface area (Å²) in [5, 5.41) is 11.1. The molecule has 1 aromatic carbocycles. The highest BCUT2D eigenvalue weighted by Crippen LogP contribution is 2.31. The lowest BCUT2D eigenvalue weighted by molar-refractivity contribution is -0.0235. The molecule has 8 N–H and O–H groups in total. The largest absolute Gasteiger partial charge is 0.491 e. The van der Waals surface area contributed by atoms with Crippen molar-refractivity contribution in [3.05, 3.63) is 102 Å². The number of anilines is 4. The van der Waals surface area contributed by atoms with Crippen molar-refractivity contribution in [2.75, 3.05) is 141 Å². The van der Waals surface area contributed by atoms with E-state index in [9.17, 15) is 24.0 Å². The number of nitrogens with one attached hydrogen (secondary N) is 4. The van der Waals surface area contributed by atoms with Gasteiger partial charge in [0.1, 0.15) is 29.4 Å². The molecule has 0 radical (unpaired) electrons. The van der Waals surface area contributed by atoms with Crippen molar-refractivity contribution < 1.29 is 66.6 Å². The van der Waals surface area contributed by atoms with Gasteiger partial charge in [0.2, 0.25) is 5.82 Å². The molecule has 0 fully saturated rings. The molecule has 5 heterocycles. The molecule has 0 aliphatic heterocycles. The smallest absolute Gasteiger partial charge is 0.291 e. The van der Waals surface area contributed by atoms with Crippen molar-refractivity contribution in [1.29, 1.82) is 0 Å². The molecule has 27 heteroatoms. The van der Waals surface area contributed by atoms with E-state index in [0.29, 0.717) is 134 Å². The van der Waals surface area contributed by atoms with Crippen LogP contribution >= 0.6 is 0 Å². The topological polar surface area (TPSA) is 319 Å². The van der Waals surface area contributed by atoms with E-state index in [1.165, 1.54) is 27.5 Å². The number of nitrogens with zero attached hydrogens (tertiary/aromatic N) is 7. The standard InChI is InChI=1S/C52H71N13O14/c1-61-12-10-55-48(61)52(70)58-39-32-42(63(3)35-39)50(68)57-38-31-43(64(4)34-38)51(69)60-46-44(65(5)47(59-46)45(54)66)36-30-41(62(2)33-36)49(67)56-11-13-71-14-15-72-16-17-73-18-19-74-20-21-75-22-23-76-24-25-77-26-27-78-28-29-79-40-8-6-37(53)7-9-40/h6-10,12,30-35H,11,13-29,53H2,1-5H3,(H2,54,66)(H,56,67)(H,57,68)(H,58,70)(H,60,69). The molecular weight excluding hydrogens is 1030 g/mol. The molecule has 428 valence electrons. The number of amides is 5. The van der Waals surface area contributed by atoms with Crippen LogP contribution in [-0.4, -0.2) is 181 Å².